The molecule has 11 heteroatoms. The molecule has 272 valence electrons. The molecule has 1 spiro atoms. The number of carboxylic acids is 1. The minimum atomic E-state index is -1.56. The van der Waals surface area contributed by atoms with Crippen molar-refractivity contribution in [1.82, 2.24) is 0 Å². The molecule has 0 radical (unpaired) electrons. The fraction of sp³-hybridized carbons (Fsp3) is 0.972. The van der Waals surface area contributed by atoms with Crippen LogP contribution in [-0.4, -0.2) is 106 Å². The van der Waals surface area contributed by atoms with Crippen molar-refractivity contribution in [3.63, 3.8) is 0 Å². The summed E-state index contributed by atoms with van der Waals surface area (Å²) < 4.78 is 39.4. The van der Waals surface area contributed by atoms with Gasteiger partial charge in [-0.15, -0.1) is 0 Å². The molecule has 5 fully saturated rings. The van der Waals surface area contributed by atoms with Crippen LogP contribution in [0.1, 0.15) is 107 Å². The van der Waals surface area contributed by atoms with Crippen molar-refractivity contribution >= 4 is 5.97 Å². The minimum absolute atomic E-state index is 0.153. The lowest BCUT2D eigenvalue weighted by Crippen LogP contribution is -2.57. The van der Waals surface area contributed by atoms with Crippen LogP contribution < -0.4 is 0 Å². The summed E-state index contributed by atoms with van der Waals surface area (Å²) in [5, 5.41) is 41.8. The Bertz CT molecular complexity index is 1110. The highest BCUT2D eigenvalue weighted by Gasteiger charge is 2.62. The molecule has 11 nitrogen and oxygen atoms in total. The van der Waals surface area contributed by atoms with E-state index in [0.717, 1.165) is 32.1 Å². The number of methoxy groups -OCH3 is 1. The van der Waals surface area contributed by atoms with Crippen LogP contribution in [0.4, 0.5) is 0 Å². The number of aliphatic hydroxyl groups is 3. The molecule has 5 saturated heterocycles. The van der Waals surface area contributed by atoms with E-state index >= 15 is 0 Å². The van der Waals surface area contributed by atoms with E-state index in [2.05, 4.69) is 27.7 Å². The Kier molecular flexibility index (Phi) is 10.9. The zero-order chi connectivity index (χ0) is 34.7. The van der Waals surface area contributed by atoms with Gasteiger partial charge in [0.2, 0.25) is 0 Å². The van der Waals surface area contributed by atoms with E-state index in [1.807, 2.05) is 20.8 Å². The zero-order valence-electron chi connectivity index (χ0n) is 30.0. The second kappa shape index (κ2) is 13.7. The van der Waals surface area contributed by atoms with Crippen molar-refractivity contribution in [2.75, 3.05) is 13.7 Å². The average Bonchev–Trinajstić information content (AvgIpc) is 3.73. The molecular formula is C36H62O11. The van der Waals surface area contributed by atoms with Crippen molar-refractivity contribution in [3.05, 3.63) is 0 Å². The predicted molar refractivity (Wildman–Crippen MR) is 172 cm³/mol. The van der Waals surface area contributed by atoms with Gasteiger partial charge in [-0.1, -0.05) is 41.5 Å². The third-order valence-electron chi connectivity index (χ3n) is 13.0. The molecule has 0 saturated carbocycles. The molecular weight excluding hydrogens is 608 g/mol. The molecule has 0 aromatic rings. The molecule has 0 amide bonds. The van der Waals surface area contributed by atoms with E-state index in [-0.39, 0.29) is 54.0 Å². The second-order valence-corrected chi connectivity index (χ2v) is 16.3. The van der Waals surface area contributed by atoms with Crippen molar-refractivity contribution in [2.24, 2.45) is 35.5 Å². The van der Waals surface area contributed by atoms with Crippen LogP contribution in [0.15, 0.2) is 0 Å². The summed E-state index contributed by atoms with van der Waals surface area (Å²) in [5.41, 5.74) is -1.15. The Labute approximate surface area is 281 Å². The lowest BCUT2D eigenvalue weighted by Gasteiger charge is -2.49. The number of carboxylic acid groups (broad SMARTS) is 1. The van der Waals surface area contributed by atoms with Crippen molar-refractivity contribution < 1.29 is 53.6 Å². The number of hydrogen-bond donors (Lipinski definition) is 4. The summed E-state index contributed by atoms with van der Waals surface area (Å²) in [6, 6.07) is 0. The van der Waals surface area contributed by atoms with Crippen LogP contribution in [0.3, 0.4) is 0 Å². The first-order valence-corrected chi connectivity index (χ1v) is 18.1. The monoisotopic (exact) mass is 670 g/mol. The highest BCUT2D eigenvalue weighted by atomic mass is 16.7. The summed E-state index contributed by atoms with van der Waals surface area (Å²) in [7, 11) is 1.52. The van der Waals surface area contributed by atoms with Crippen LogP contribution in [0.5, 0.6) is 0 Å². The minimum Gasteiger partial charge on any atom is -0.481 e. The van der Waals surface area contributed by atoms with Crippen molar-refractivity contribution in [2.45, 2.75) is 172 Å². The predicted octanol–water partition coefficient (Wildman–Crippen LogP) is 4.27. The van der Waals surface area contributed by atoms with Crippen LogP contribution >= 0.6 is 0 Å². The van der Waals surface area contributed by atoms with E-state index < -0.39 is 59.6 Å². The molecule has 5 aliphatic heterocycles. The molecule has 17 atom stereocenters. The van der Waals surface area contributed by atoms with Crippen molar-refractivity contribution in [3.8, 4) is 0 Å². The first kappa shape index (κ1) is 37.4. The molecule has 47 heavy (non-hydrogen) atoms. The van der Waals surface area contributed by atoms with Gasteiger partial charge in [0.25, 0.3) is 0 Å². The van der Waals surface area contributed by atoms with Gasteiger partial charge >= 0.3 is 5.97 Å². The quantitative estimate of drug-likeness (QED) is 0.264. The van der Waals surface area contributed by atoms with E-state index in [9.17, 15) is 25.2 Å². The molecule has 0 aromatic heterocycles. The Morgan fingerprint density at radius 2 is 1.72 bits per heavy atom. The largest absolute Gasteiger partial charge is 0.481 e. The van der Waals surface area contributed by atoms with E-state index in [4.69, 9.17) is 28.4 Å². The van der Waals surface area contributed by atoms with Crippen LogP contribution in [-0.2, 0) is 33.2 Å². The molecule has 4 N–H and O–H groups in total. The van der Waals surface area contributed by atoms with Gasteiger partial charge in [-0.25, -0.2) is 0 Å². The highest BCUT2D eigenvalue weighted by Crippen LogP contribution is 2.55. The van der Waals surface area contributed by atoms with Gasteiger partial charge in [-0.3, -0.25) is 4.79 Å². The summed E-state index contributed by atoms with van der Waals surface area (Å²) in [6.07, 6.45) is 2.99. The molecule has 5 rings (SSSR count). The van der Waals surface area contributed by atoms with E-state index in [0.29, 0.717) is 19.3 Å². The van der Waals surface area contributed by atoms with Gasteiger partial charge in [0, 0.05) is 37.7 Å². The molecule has 0 bridgehead atoms. The summed E-state index contributed by atoms with van der Waals surface area (Å²) >= 11 is 0. The topological polar surface area (TPSA) is 153 Å². The number of aliphatic carboxylic acids is 1. The maximum absolute atomic E-state index is 11.8. The number of rotatable bonds is 10. The summed E-state index contributed by atoms with van der Waals surface area (Å²) in [6.45, 7) is 15.6. The normalized spacial score (nSPS) is 50.9. The molecule has 5 aliphatic rings. The fourth-order valence-electron chi connectivity index (χ4n) is 9.91. The standard InChI is InChI=1S/C36H62O11/c1-10-34(31-20(3)16-26(43-31)28-19(2)15-21(4)36(41,18-37)46-28)12-11-27(44-34)33(8)13-14-35(47-33)17-25(38)22(5)30(45-35)23(6)29(42-9)24(7)32(39)40/h19-31,37-38,41H,10-18H2,1-9H3,(H,39,40)/t19-,20-,21+,22+,23-,24?,25?,26?,27?,28?,29?,30?,31?,33-,34-,35?,36-/m0/s1. The maximum atomic E-state index is 11.8. The van der Waals surface area contributed by atoms with E-state index in [1.54, 1.807) is 6.92 Å². The first-order chi connectivity index (χ1) is 22.0. The van der Waals surface area contributed by atoms with Crippen LogP contribution in [0, 0.1) is 35.5 Å². The van der Waals surface area contributed by atoms with E-state index in [1.165, 1.54) is 7.11 Å². The molecule has 0 aromatic carbocycles. The van der Waals surface area contributed by atoms with Gasteiger partial charge in [-0.2, -0.15) is 0 Å². The third kappa shape index (κ3) is 6.67. The smallest absolute Gasteiger partial charge is 0.308 e. The summed E-state index contributed by atoms with van der Waals surface area (Å²) in [5.74, 6) is -4.52. The summed E-state index contributed by atoms with van der Waals surface area (Å²) in [4.78, 5) is 11.8. The molecule has 0 aliphatic carbocycles. The van der Waals surface area contributed by atoms with Gasteiger partial charge in [0.1, 0.15) is 0 Å². The van der Waals surface area contributed by atoms with Crippen LogP contribution in [0.2, 0.25) is 0 Å². The molecule has 5 heterocycles. The SMILES string of the molecule is CC[C@@]1(C2OC(C3O[C@@](O)(CO)[C@H](C)C[C@@H]3C)C[C@@H]2C)CCC([C@]2(C)CCC3(CC(O)[C@@H](C)C([C@@H](C)C(OC)C(C)C(=O)O)O3)O2)O1. The maximum Gasteiger partial charge on any atom is 0.308 e. The lowest BCUT2D eigenvalue weighted by molar-refractivity contribution is -0.336. The number of aliphatic hydroxyl groups excluding tert-OH is 2. The average molecular weight is 671 g/mol. The van der Waals surface area contributed by atoms with Gasteiger partial charge in [0.15, 0.2) is 11.6 Å². The second-order valence-electron chi connectivity index (χ2n) is 16.3. The van der Waals surface area contributed by atoms with Crippen LogP contribution in [0.25, 0.3) is 0 Å². The Morgan fingerprint density at radius 1 is 1.02 bits per heavy atom. The van der Waals surface area contributed by atoms with Gasteiger partial charge in [0.05, 0.1) is 66.5 Å². The lowest BCUT2D eigenvalue weighted by atomic mass is 9.78. The zero-order valence-corrected chi connectivity index (χ0v) is 30.0. The first-order valence-electron chi connectivity index (χ1n) is 18.1. The highest BCUT2D eigenvalue weighted by molar-refractivity contribution is 5.70. The number of hydrogen-bond acceptors (Lipinski definition) is 10. The van der Waals surface area contributed by atoms with Crippen molar-refractivity contribution in [1.29, 1.82) is 0 Å². The molecule has 9 unspecified atom stereocenters. The number of ether oxygens (including phenoxy) is 6. The number of carbonyl (C=O) groups is 1. The van der Waals surface area contributed by atoms with Gasteiger partial charge in [-0.05, 0) is 64.2 Å². The fourth-order valence-corrected chi connectivity index (χ4v) is 9.91. The van der Waals surface area contributed by atoms with Gasteiger partial charge < -0.3 is 48.8 Å². The third-order valence-corrected chi connectivity index (χ3v) is 13.0. The Balaban J connectivity index is 1.29. The Morgan fingerprint density at radius 3 is 2.34 bits per heavy atom. The Hall–Kier alpha value is -0.890.